The van der Waals surface area contributed by atoms with Crippen LogP contribution in [0.1, 0.15) is 33.6 Å². The van der Waals surface area contributed by atoms with Gasteiger partial charge in [0, 0.05) is 12.2 Å². The van der Waals surface area contributed by atoms with Crippen LogP contribution >= 0.6 is 11.8 Å². The molecule has 1 heteroatoms. The molecule has 0 saturated heterocycles. The lowest BCUT2D eigenvalue weighted by atomic mass is 10.3. The van der Waals surface area contributed by atoms with Gasteiger partial charge >= 0.3 is 0 Å². The SMILES string of the molecule is CCCC#CSCC(C)C. The molecule has 0 heterocycles. The van der Waals surface area contributed by atoms with Crippen LogP contribution in [0.5, 0.6) is 0 Å². The zero-order valence-corrected chi connectivity index (χ0v) is 7.92. The summed E-state index contributed by atoms with van der Waals surface area (Å²) in [6.45, 7) is 6.59. The van der Waals surface area contributed by atoms with Crippen LogP contribution in [0, 0.1) is 17.1 Å². The normalized spacial score (nSPS) is 9.20. The Morgan fingerprint density at radius 2 is 2.10 bits per heavy atom. The summed E-state index contributed by atoms with van der Waals surface area (Å²) in [6.07, 6.45) is 2.22. The van der Waals surface area contributed by atoms with Crippen LogP contribution in [0.15, 0.2) is 0 Å². The summed E-state index contributed by atoms with van der Waals surface area (Å²) in [6, 6.07) is 0. The standard InChI is InChI=1S/C9H16S/c1-4-5-6-7-10-8-9(2)3/h9H,4-5,8H2,1-3H3. The molecule has 0 aliphatic heterocycles. The summed E-state index contributed by atoms with van der Waals surface area (Å²) in [5, 5.41) is 3.08. The van der Waals surface area contributed by atoms with Crippen LogP contribution < -0.4 is 0 Å². The van der Waals surface area contributed by atoms with E-state index >= 15 is 0 Å². The maximum Gasteiger partial charge on any atom is 0.00950 e. The Bertz CT molecular complexity index is 116. The molecule has 0 amide bonds. The Morgan fingerprint density at radius 3 is 2.60 bits per heavy atom. The van der Waals surface area contributed by atoms with E-state index in [4.69, 9.17) is 0 Å². The molecule has 0 aliphatic carbocycles. The van der Waals surface area contributed by atoms with Crippen LogP contribution in [0.4, 0.5) is 0 Å². The van der Waals surface area contributed by atoms with Gasteiger partial charge in [0.05, 0.1) is 0 Å². The molecule has 10 heavy (non-hydrogen) atoms. The molecule has 0 saturated carbocycles. The van der Waals surface area contributed by atoms with Crippen LogP contribution in [-0.2, 0) is 0 Å². The van der Waals surface area contributed by atoms with Crippen molar-refractivity contribution in [1.29, 1.82) is 0 Å². The van der Waals surface area contributed by atoms with Gasteiger partial charge in [0.1, 0.15) is 0 Å². The van der Waals surface area contributed by atoms with Gasteiger partial charge < -0.3 is 0 Å². The second-order valence-electron chi connectivity index (χ2n) is 2.73. The van der Waals surface area contributed by atoms with Crippen molar-refractivity contribution in [2.24, 2.45) is 5.92 Å². The average molecular weight is 156 g/mol. The van der Waals surface area contributed by atoms with E-state index in [1.807, 2.05) is 0 Å². The Kier molecular flexibility index (Phi) is 6.96. The first-order chi connectivity index (χ1) is 4.77. The van der Waals surface area contributed by atoms with E-state index in [1.54, 1.807) is 11.8 Å². The number of thioether (sulfide) groups is 1. The minimum absolute atomic E-state index is 0.765. The third-order valence-corrected chi connectivity index (χ3v) is 2.06. The van der Waals surface area contributed by atoms with Crippen LogP contribution in [0.25, 0.3) is 0 Å². The summed E-state index contributed by atoms with van der Waals surface area (Å²) in [5.74, 6) is 5.03. The van der Waals surface area contributed by atoms with E-state index in [1.165, 1.54) is 6.42 Å². The van der Waals surface area contributed by atoms with Crippen molar-refractivity contribution in [3.8, 4) is 11.2 Å². The van der Waals surface area contributed by atoms with Gasteiger partial charge in [-0.25, -0.2) is 0 Å². The molecule has 0 rings (SSSR count). The van der Waals surface area contributed by atoms with E-state index in [9.17, 15) is 0 Å². The number of unbranched alkanes of at least 4 members (excludes halogenated alkanes) is 1. The lowest BCUT2D eigenvalue weighted by Gasteiger charge is -1.95. The molecule has 0 spiro atoms. The first-order valence-electron chi connectivity index (χ1n) is 3.87. The molecule has 0 aliphatic rings. The molecule has 58 valence electrons. The summed E-state index contributed by atoms with van der Waals surface area (Å²) in [5.41, 5.74) is 0. The number of hydrogen-bond acceptors (Lipinski definition) is 1. The van der Waals surface area contributed by atoms with Gasteiger partial charge in [0.2, 0.25) is 0 Å². The highest BCUT2D eigenvalue weighted by molar-refractivity contribution is 8.03. The van der Waals surface area contributed by atoms with Crippen molar-refractivity contribution in [2.75, 3.05) is 5.75 Å². The van der Waals surface area contributed by atoms with Crippen molar-refractivity contribution in [2.45, 2.75) is 33.6 Å². The van der Waals surface area contributed by atoms with Gasteiger partial charge in [-0.2, -0.15) is 0 Å². The van der Waals surface area contributed by atoms with Crippen molar-refractivity contribution in [1.82, 2.24) is 0 Å². The first-order valence-corrected chi connectivity index (χ1v) is 4.85. The molecular weight excluding hydrogens is 140 g/mol. The topological polar surface area (TPSA) is 0 Å². The average Bonchev–Trinajstić information content (AvgIpc) is 1.87. The molecule has 0 unspecified atom stereocenters. The van der Waals surface area contributed by atoms with Gasteiger partial charge in [0.15, 0.2) is 0 Å². The van der Waals surface area contributed by atoms with Crippen molar-refractivity contribution < 1.29 is 0 Å². The maximum atomic E-state index is 3.10. The predicted octanol–water partition coefficient (Wildman–Crippen LogP) is 3.14. The number of hydrogen-bond donors (Lipinski definition) is 0. The fourth-order valence-corrected chi connectivity index (χ4v) is 1.06. The van der Waals surface area contributed by atoms with Crippen molar-refractivity contribution in [3.05, 3.63) is 0 Å². The van der Waals surface area contributed by atoms with Gasteiger partial charge in [-0.05, 0) is 17.6 Å². The van der Waals surface area contributed by atoms with E-state index in [0.717, 1.165) is 18.1 Å². The molecular formula is C9H16S. The second-order valence-corrected chi connectivity index (χ2v) is 3.56. The van der Waals surface area contributed by atoms with Gasteiger partial charge in [-0.15, -0.1) is 0 Å². The van der Waals surface area contributed by atoms with E-state index in [2.05, 4.69) is 31.9 Å². The molecule has 0 aromatic rings. The Hall–Kier alpha value is -0.0900. The molecule has 0 nitrogen and oxygen atoms in total. The molecule has 0 radical (unpaired) electrons. The lowest BCUT2D eigenvalue weighted by molar-refractivity contribution is 0.752. The fraction of sp³-hybridized carbons (Fsp3) is 0.778. The highest BCUT2D eigenvalue weighted by Crippen LogP contribution is 2.04. The number of rotatable bonds is 3. The van der Waals surface area contributed by atoms with E-state index < -0.39 is 0 Å². The minimum Gasteiger partial charge on any atom is -0.0913 e. The van der Waals surface area contributed by atoms with Crippen molar-refractivity contribution in [3.63, 3.8) is 0 Å². The minimum atomic E-state index is 0.765. The molecule has 0 aromatic carbocycles. The summed E-state index contributed by atoms with van der Waals surface area (Å²) < 4.78 is 0. The Labute approximate surface area is 68.8 Å². The Balaban J connectivity index is 3.12. The fourth-order valence-electron chi connectivity index (χ4n) is 0.435. The van der Waals surface area contributed by atoms with E-state index in [-0.39, 0.29) is 0 Å². The Morgan fingerprint density at radius 1 is 1.40 bits per heavy atom. The van der Waals surface area contributed by atoms with Crippen molar-refractivity contribution >= 4 is 11.8 Å². The zero-order chi connectivity index (χ0) is 7.82. The van der Waals surface area contributed by atoms with Gasteiger partial charge in [-0.1, -0.05) is 38.5 Å². The summed E-state index contributed by atoms with van der Waals surface area (Å²) >= 11 is 1.74. The smallest absolute Gasteiger partial charge is 0.00950 e. The summed E-state index contributed by atoms with van der Waals surface area (Å²) in [7, 11) is 0. The lowest BCUT2D eigenvalue weighted by Crippen LogP contribution is -1.87. The maximum absolute atomic E-state index is 3.10. The molecule has 0 N–H and O–H groups in total. The van der Waals surface area contributed by atoms with Gasteiger partial charge in [0.25, 0.3) is 0 Å². The monoisotopic (exact) mass is 156 g/mol. The first kappa shape index (κ1) is 9.91. The quantitative estimate of drug-likeness (QED) is 0.566. The van der Waals surface area contributed by atoms with Gasteiger partial charge in [-0.3, -0.25) is 0 Å². The van der Waals surface area contributed by atoms with E-state index in [0.29, 0.717) is 0 Å². The van der Waals surface area contributed by atoms with Crippen LogP contribution in [0.2, 0.25) is 0 Å². The van der Waals surface area contributed by atoms with Crippen LogP contribution in [-0.4, -0.2) is 5.75 Å². The molecule has 0 atom stereocenters. The van der Waals surface area contributed by atoms with Crippen LogP contribution in [0.3, 0.4) is 0 Å². The molecule has 0 aromatic heterocycles. The third kappa shape index (κ3) is 7.91. The highest BCUT2D eigenvalue weighted by Gasteiger charge is 1.89. The molecule has 0 bridgehead atoms. The predicted molar refractivity (Wildman–Crippen MR) is 50.0 cm³/mol. The molecule has 0 fully saturated rings. The highest BCUT2D eigenvalue weighted by atomic mass is 32.2. The largest absolute Gasteiger partial charge is 0.0913 e. The third-order valence-electron chi connectivity index (χ3n) is 0.936. The second kappa shape index (κ2) is 7.02. The zero-order valence-electron chi connectivity index (χ0n) is 7.11. The summed E-state index contributed by atoms with van der Waals surface area (Å²) in [4.78, 5) is 0.